The van der Waals surface area contributed by atoms with Crippen molar-refractivity contribution in [2.45, 2.75) is 6.29 Å². The molecular formula is C13H9ClF2N2O2. The highest BCUT2D eigenvalue weighted by atomic mass is 35.5. The molecule has 0 atom stereocenters. The number of para-hydroxylation sites is 1. The first-order valence-electron chi connectivity index (χ1n) is 5.65. The Kier molecular flexibility index (Phi) is 2.83. The van der Waals surface area contributed by atoms with E-state index in [1.807, 2.05) is 0 Å². The van der Waals surface area contributed by atoms with E-state index in [9.17, 15) is 8.78 Å². The highest BCUT2D eigenvalue weighted by Gasteiger charge is 2.43. The lowest BCUT2D eigenvalue weighted by molar-refractivity contribution is -0.286. The third-order valence-electron chi connectivity index (χ3n) is 2.72. The van der Waals surface area contributed by atoms with Gasteiger partial charge in [-0.15, -0.1) is 8.78 Å². The number of hydrogen-bond acceptors (Lipinski definition) is 4. The molecular weight excluding hydrogens is 290 g/mol. The predicted molar refractivity (Wildman–Crippen MR) is 71.8 cm³/mol. The van der Waals surface area contributed by atoms with Crippen LogP contribution in [0.5, 0.6) is 11.5 Å². The maximum absolute atomic E-state index is 12.9. The van der Waals surface area contributed by atoms with Gasteiger partial charge in [0.05, 0.1) is 16.4 Å². The van der Waals surface area contributed by atoms with Crippen LogP contribution in [0.3, 0.4) is 0 Å². The Morgan fingerprint density at radius 2 is 1.85 bits per heavy atom. The molecule has 104 valence electrons. The van der Waals surface area contributed by atoms with E-state index in [2.05, 4.69) is 14.8 Å². The molecule has 0 saturated heterocycles. The first kappa shape index (κ1) is 12.8. The van der Waals surface area contributed by atoms with Crippen LogP contribution in [0, 0.1) is 0 Å². The quantitative estimate of drug-likeness (QED) is 0.823. The van der Waals surface area contributed by atoms with Gasteiger partial charge in [-0.25, -0.2) is 0 Å². The van der Waals surface area contributed by atoms with Crippen LogP contribution in [0.4, 0.5) is 25.8 Å². The second-order valence-electron chi connectivity index (χ2n) is 4.16. The highest BCUT2D eigenvalue weighted by molar-refractivity contribution is 6.34. The number of nitrogens with two attached hydrogens (primary N) is 1. The lowest BCUT2D eigenvalue weighted by atomic mass is 10.2. The zero-order valence-electron chi connectivity index (χ0n) is 9.99. The summed E-state index contributed by atoms with van der Waals surface area (Å²) in [6.45, 7) is 0. The molecule has 2 aromatic carbocycles. The molecule has 1 aliphatic heterocycles. The lowest BCUT2D eigenvalue weighted by Crippen LogP contribution is -2.25. The topological polar surface area (TPSA) is 56.5 Å². The number of hydrogen-bond donors (Lipinski definition) is 2. The van der Waals surface area contributed by atoms with Gasteiger partial charge in [-0.05, 0) is 24.3 Å². The molecule has 0 radical (unpaired) electrons. The van der Waals surface area contributed by atoms with Crippen LogP contribution in [-0.2, 0) is 0 Å². The maximum Gasteiger partial charge on any atom is 0.586 e. The molecule has 0 aromatic heterocycles. The monoisotopic (exact) mass is 298 g/mol. The van der Waals surface area contributed by atoms with E-state index < -0.39 is 6.29 Å². The molecule has 4 nitrogen and oxygen atoms in total. The summed E-state index contributed by atoms with van der Waals surface area (Å²) in [6.07, 6.45) is -3.63. The molecule has 0 fully saturated rings. The molecule has 0 spiro atoms. The largest absolute Gasteiger partial charge is 0.586 e. The Hall–Kier alpha value is -2.21. The van der Waals surface area contributed by atoms with Crippen molar-refractivity contribution >= 4 is 28.7 Å². The van der Waals surface area contributed by atoms with Crippen LogP contribution < -0.4 is 20.5 Å². The molecule has 3 rings (SSSR count). The fraction of sp³-hybridized carbons (Fsp3) is 0.0769. The molecule has 20 heavy (non-hydrogen) atoms. The van der Waals surface area contributed by atoms with Crippen molar-refractivity contribution in [2.75, 3.05) is 11.1 Å². The molecule has 0 bridgehead atoms. The molecule has 1 heterocycles. The molecule has 0 unspecified atom stereocenters. The smallest absolute Gasteiger partial charge is 0.397 e. The first-order valence-corrected chi connectivity index (χ1v) is 6.03. The van der Waals surface area contributed by atoms with E-state index in [1.54, 1.807) is 24.3 Å². The number of benzene rings is 2. The Morgan fingerprint density at radius 1 is 1.10 bits per heavy atom. The summed E-state index contributed by atoms with van der Waals surface area (Å²) in [5.74, 6) is -0.0710. The Balaban J connectivity index is 1.91. The number of nitrogen functional groups attached to an aromatic ring is 1. The van der Waals surface area contributed by atoms with Crippen LogP contribution >= 0.6 is 11.6 Å². The van der Waals surface area contributed by atoms with E-state index >= 15 is 0 Å². The minimum Gasteiger partial charge on any atom is -0.397 e. The first-order chi connectivity index (χ1) is 9.44. The van der Waals surface area contributed by atoms with Gasteiger partial charge in [-0.1, -0.05) is 17.7 Å². The number of anilines is 3. The number of rotatable bonds is 2. The Labute approximate surface area is 118 Å². The molecule has 2 aromatic rings. The average Bonchev–Trinajstić information content (AvgIpc) is 2.67. The number of alkyl halides is 2. The molecule has 3 N–H and O–H groups in total. The minimum atomic E-state index is -3.63. The summed E-state index contributed by atoms with van der Waals surface area (Å²) in [4.78, 5) is 0. The zero-order chi connectivity index (χ0) is 14.3. The van der Waals surface area contributed by atoms with Gasteiger partial charge in [0.15, 0.2) is 11.5 Å². The Morgan fingerprint density at radius 3 is 2.60 bits per heavy atom. The van der Waals surface area contributed by atoms with Crippen molar-refractivity contribution in [2.24, 2.45) is 0 Å². The predicted octanol–water partition coefficient (Wildman–Crippen LogP) is 3.99. The third-order valence-corrected chi connectivity index (χ3v) is 3.03. The van der Waals surface area contributed by atoms with Crippen molar-refractivity contribution in [3.63, 3.8) is 0 Å². The van der Waals surface area contributed by atoms with Gasteiger partial charge in [-0.3, -0.25) is 0 Å². The van der Waals surface area contributed by atoms with Crippen molar-refractivity contribution in [3.05, 3.63) is 41.4 Å². The van der Waals surface area contributed by atoms with E-state index in [4.69, 9.17) is 17.3 Å². The normalized spacial score (nSPS) is 15.2. The van der Waals surface area contributed by atoms with Crippen LogP contribution in [0.15, 0.2) is 36.4 Å². The minimum absolute atomic E-state index is 0.0207. The number of ether oxygens (including phenoxy) is 2. The van der Waals surface area contributed by atoms with E-state index in [0.29, 0.717) is 22.1 Å². The molecule has 0 aliphatic carbocycles. The molecule has 0 amide bonds. The van der Waals surface area contributed by atoms with Crippen molar-refractivity contribution in [1.82, 2.24) is 0 Å². The summed E-state index contributed by atoms with van der Waals surface area (Å²) in [5.41, 5.74) is 7.25. The van der Waals surface area contributed by atoms with Gasteiger partial charge >= 0.3 is 6.29 Å². The zero-order valence-corrected chi connectivity index (χ0v) is 10.7. The number of halogens is 3. The van der Waals surface area contributed by atoms with Crippen LogP contribution in [0.1, 0.15) is 0 Å². The summed E-state index contributed by atoms with van der Waals surface area (Å²) in [7, 11) is 0. The number of nitrogens with one attached hydrogen (secondary N) is 1. The van der Waals surface area contributed by atoms with Crippen molar-refractivity contribution in [1.29, 1.82) is 0 Å². The van der Waals surface area contributed by atoms with Gasteiger partial charge in [0, 0.05) is 11.8 Å². The van der Waals surface area contributed by atoms with Crippen LogP contribution in [-0.4, -0.2) is 6.29 Å². The lowest BCUT2D eigenvalue weighted by Gasteiger charge is -2.11. The summed E-state index contributed by atoms with van der Waals surface area (Å²) < 4.78 is 34.5. The van der Waals surface area contributed by atoms with Gasteiger partial charge in [0.1, 0.15) is 0 Å². The highest BCUT2D eigenvalue weighted by Crippen LogP contribution is 2.43. The molecule has 0 saturated carbocycles. The van der Waals surface area contributed by atoms with Crippen LogP contribution in [0.25, 0.3) is 0 Å². The summed E-state index contributed by atoms with van der Waals surface area (Å²) >= 11 is 6.02. The van der Waals surface area contributed by atoms with Crippen LogP contribution in [0.2, 0.25) is 5.02 Å². The molecule has 1 aliphatic rings. The fourth-order valence-electron chi connectivity index (χ4n) is 1.84. The molecule has 7 heteroatoms. The second-order valence-corrected chi connectivity index (χ2v) is 4.57. The third kappa shape index (κ3) is 2.30. The van der Waals surface area contributed by atoms with Gasteiger partial charge in [0.25, 0.3) is 0 Å². The average molecular weight is 299 g/mol. The van der Waals surface area contributed by atoms with E-state index in [1.165, 1.54) is 12.1 Å². The fourth-order valence-corrected chi connectivity index (χ4v) is 2.07. The van der Waals surface area contributed by atoms with Gasteiger partial charge in [-0.2, -0.15) is 0 Å². The van der Waals surface area contributed by atoms with Gasteiger partial charge < -0.3 is 20.5 Å². The summed E-state index contributed by atoms with van der Waals surface area (Å²) in [6, 6.07) is 9.39. The van der Waals surface area contributed by atoms with E-state index in [0.717, 1.165) is 0 Å². The SMILES string of the molecule is Nc1cccc(Cl)c1Nc1ccc2c(c1)OC(F)(F)O2. The second kappa shape index (κ2) is 4.42. The van der Waals surface area contributed by atoms with Gasteiger partial charge in [0.2, 0.25) is 0 Å². The number of fused-ring (bicyclic) bond motifs is 1. The van der Waals surface area contributed by atoms with E-state index in [-0.39, 0.29) is 11.5 Å². The standard InChI is InChI=1S/C13H9ClF2N2O2/c14-8-2-1-3-9(17)12(8)18-7-4-5-10-11(6-7)20-13(15,16)19-10/h1-6,18H,17H2. The maximum atomic E-state index is 12.9. The summed E-state index contributed by atoms with van der Waals surface area (Å²) in [5, 5.41) is 3.38. The van der Waals surface area contributed by atoms with Crippen molar-refractivity contribution < 1.29 is 18.3 Å². The Bertz CT molecular complexity index is 659. The van der Waals surface area contributed by atoms with Crippen molar-refractivity contribution in [3.8, 4) is 11.5 Å².